The van der Waals surface area contributed by atoms with E-state index < -0.39 is 11.8 Å². The molecule has 1 N–H and O–H groups in total. The van der Waals surface area contributed by atoms with Gasteiger partial charge in [0.15, 0.2) is 0 Å². The summed E-state index contributed by atoms with van der Waals surface area (Å²) in [5.74, 6) is -1.86. The van der Waals surface area contributed by atoms with Crippen molar-refractivity contribution in [1.29, 1.82) is 0 Å². The van der Waals surface area contributed by atoms with Crippen molar-refractivity contribution >= 4 is 17.6 Å². The lowest BCUT2D eigenvalue weighted by molar-refractivity contribution is 0.0697. The van der Waals surface area contributed by atoms with Crippen LogP contribution in [0.4, 0.5) is 4.39 Å². The number of carboxylic acid groups (broad SMARTS) is 1. The Bertz CT molecular complexity index is 298. The average molecular weight is 174 g/mol. The maximum Gasteiger partial charge on any atom is 0.337 e. The lowest BCUT2D eigenvalue weighted by Gasteiger charge is -1.95. The summed E-state index contributed by atoms with van der Waals surface area (Å²) in [4.78, 5) is 10.3. The summed E-state index contributed by atoms with van der Waals surface area (Å²) in [6.45, 7) is 0. The molecule has 4 heteroatoms. The zero-order valence-electron chi connectivity index (χ0n) is 5.27. The zero-order chi connectivity index (χ0) is 8.43. The molecule has 0 atom stereocenters. The van der Waals surface area contributed by atoms with E-state index in [4.69, 9.17) is 16.7 Å². The number of halogens is 2. The molecule has 0 bridgehead atoms. The monoisotopic (exact) mass is 173 g/mol. The van der Waals surface area contributed by atoms with Crippen molar-refractivity contribution in [2.24, 2.45) is 0 Å². The maximum absolute atomic E-state index is 12.3. The van der Waals surface area contributed by atoms with Crippen LogP contribution in [0.1, 0.15) is 10.4 Å². The topological polar surface area (TPSA) is 37.3 Å². The average Bonchev–Trinajstić information content (AvgIpc) is 1.85. The van der Waals surface area contributed by atoms with E-state index in [9.17, 15) is 9.18 Å². The minimum absolute atomic E-state index is 0.117. The van der Waals surface area contributed by atoms with Crippen molar-refractivity contribution in [1.82, 2.24) is 0 Å². The van der Waals surface area contributed by atoms with Crippen LogP contribution in [0.5, 0.6) is 0 Å². The summed E-state index contributed by atoms with van der Waals surface area (Å²) in [6.07, 6.45) is 0. The predicted octanol–water partition coefficient (Wildman–Crippen LogP) is 1.98. The van der Waals surface area contributed by atoms with Gasteiger partial charge in [0.05, 0.1) is 10.6 Å². The van der Waals surface area contributed by atoms with Gasteiger partial charge in [0.25, 0.3) is 0 Å². The van der Waals surface area contributed by atoms with E-state index >= 15 is 0 Å². The van der Waals surface area contributed by atoms with Crippen molar-refractivity contribution in [2.75, 3.05) is 0 Å². The molecule has 0 aliphatic rings. The van der Waals surface area contributed by atoms with Crippen molar-refractivity contribution in [3.8, 4) is 0 Å². The standard InChI is InChI=1S/C7H3ClFO2/c8-6-3-4(9)1-2-5(6)7(10)11/h2-3H,(H,10,11). The Kier molecular flexibility index (Phi) is 2.10. The third-order valence-corrected chi connectivity index (χ3v) is 1.41. The second-order valence-corrected chi connectivity index (χ2v) is 2.25. The largest absolute Gasteiger partial charge is 0.478 e. The molecule has 0 unspecified atom stereocenters. The minimum Gasteiger partial charge on any atom is -0.478 e. The number of hydrogen-bond donors (Lipinski definition) is 1. The van der Waals surface area contributed by atoms with Gasteiger partial charge in [0.1, 0.15) is 5.82 Å². The van der Waals surface area contributed by atoms with Crippen LogP contribution in [-0.2, 0) is 0 Å². The van der Waals surface area contributed by atoms with Crippen LogP contribution in [0, 0.1) is 11.9 Å². The third-order valence-electron chi connectivity index (χ3n) is 1.10. The molecule has 0 saturated carbocycles. The van der Waals surface area contributed by atoms with E-state index in [0.29, 0.717) is 0 Å². The Balaban J connectivity index is 3.20. The fourth-order valence-corrected chi connectivity index (χ4v) is 0.836. The fraction of sp³-hybridized carbons (Fsp3) is 0. The first-order chi connectivity index (χ1) is 5.11. The van der Waals surface area contributed by atoms with Crippen LogP contribution in [0.3, 0.4) is 0 Å². The SMILES string of the molecule is O=C(O)c1c[c]c(F)cc1Cl. The Morgan fingerprint density at radius 1 is 1.73 bits per heavy atom. The van der Waals surface area contributed by atoms with Gasteiger partial charge in [-0.3, -0.25) is 0 Å². The molecule has 0 heterocycles. The Hall–Kier alpha value is -1.09. The molecular weight excluding hydrogens is 171 g/mol. The summed E-state index contributed by atoms with van der Waals surface area (Å²) in [7, 11) is 0. The number of aromatic carboxylic acids is 1. The molecule has 1 radical (unpaired) electrons. The second kappa shape index (κ2) is 2.88. The molecule has 0 aliphatic carbocycles. The highest BCUT2D eigenvalue weighted by Crippen LogP contribution is 2.16. The van der Waals surface area contributed by atoms with Crippen molar-refractivity contribution in [3.05, 3.63) is 34.6 Å². The van der Waals surface area contributed by atoms with Gasteiger partial charge in [-0.15, -0.1) is 0 Å². The minimum atomic E-state index is -1.19. The molecule has 0 amide bonds. The van der Waals surface area contributed by atoms with Gasteiger partial charge in [-0.1, -0.05) is 11.6 Å². The molecule has 0 spiro atoms. The lowest BCUT2D eigenvalue weighted by atomic mass is 10.2. The molecule has 2 nitrogen and oxygen atoms in total. The van der Waals surface area contributed by atoms with Gasteiger partial charge in [-0.2, -0.15) is 0 Å². The van der Waals surface area contributed by atoms with E-state index in [-0.39, 0.29) is 10.6 Å². The highest BCUT2D eigenvalue weighted by Gasteiger charge is 2.08. The molecule has 0 fully saturated rings. The molecule has 1 rings (SSSR count). The summed E-state index contributed by atoms with van der Waals surface area (Å²) >= 11 is 5.38. The van der Waals surface area contributed by atoms with Gasteiger partial charge >= 0.3 is 5.97 Å². The van der Waals surface area contributed by atoms with Gasteiger partial charge in [-0.25, -0.2) is 9.18 Å². The lowest BCUT2D eigenvalue weighted by Crippen LogP contribution is -1.97. The van der Waals surface area contributed by atoms with E-state index in [0.717, 1.165) is 12.1 Å². The predicted molar refractivity (Wildman–Crippen MR) is 37.2 cm³/mol. The second-order valence-electron chi connectivity index (χ2n) is 1.85. The van der Waals surface area contributed by atoms with E-state index in [1.165, 1.54) is 0 Å². The number of hydrogen-bond acceptors (Lipinski definition) is 1. The quantitative estimate of drug-likeness (QED) is 0.705. The summed E-state index contributed by atoms with van der Waals surface area (Å²) in [5, 5.41) is 8.31. The molecule has 1 aromatic carbocycles. The summed E-state index contributed by atoms with van der Waals surface area (Å²) < 4.78 is 12.3. The number of benzene rings is 1. The first-order valence-corrected chi connectivity index (χ1v) is 3.09. The Labute approximate surface area is 67.2 Å². The summed E-state index contributed by atoms with van der Waals surface area (Å²) in [6, 6.07) is 4.00. The van der Waals surface area contributed by atoms with Crippen LogP contribution >= 0.6 is 11.6 Å². The Morgan fingerprint density at radius 2 is 2.36 bits per heavy atom. The first kappa shape index (κ1) is 8.01. The molecule has 0 aromatic heterocycles. The van der Waals surface area contributed by atoms with Crippen LogP contribution in [0.2, 0.25) is 5.02 Å². The number of carbonyl (C=O) groups is 1. The van der Waals surface area contributed by atoms with Gasteiger partial charge in [0, 0.05) is 6.07 Å². The maximum atomic E-state index is 12.3. The number of carboxylic acids is 1. The molecule has 0 saturated heterocycles. The number of rotatable bonds is 1. The summed E-state index contributed by atoms with van der Waals surface area (Å²) in [5.41, 5.74) is -0.145. The zero-order valence-corrected chi connectivity index (χ0v) is 6.02. The third kappa shape index (κ3) is 1.68. The van der Waals surface area contributed by atoms with E-state index in [2.05, 4.69) is 6.07 Å². The van der Waals surface area contributed by atoms with Crippen molar-refractivity contribution in [3.63, 3.8) is 0 Å². The molecule has 11 heavy (non-hydrogen) atoms. The highest BCUT2D eigenvalue weighted by atomic mass is 35.5. The van der Waals surface area contributed by atoms with Gasteiger partial charge in [0.2, 0.25) is 0 Å². The smallest absolute Gasteiger partial charge is 0.337 e. The fourth-order valence-electron chi connectivity index (χ4n) is 0.605. The van der Waals surface area contributed by atoms with E-state index in [1.807, 2.05) is 0 Å². The van der Waals surface area contributed by atoms with Crippen molar-refractivity contribution in [2.45, 2.75) is 0 Å². The van der Waals surface area contributed by atoms with E-state index in [1.54, 1.807) is 0 Å². The van der Waals surface area contributed by atoms with Crippen LogP contribution < -0.4 is 0 Å². The van der Waals surface area contributed by atoms with Crippen molar-refractivity contribution < 1.29 is 14.3 Å². The molecular formula is C7H3ClFO2. The molecule has 57 valence electrons. The Morgan fingerprint density at radius 3 is 2.82 bits per heavy atom. The molecule has 1 aromatic rings. The van der Waals surface area contributed by atoms with Crippen LogP contribution in [0.25, 0.3) is 0 Å². The van der Waals surface area contributed by atoms with Gasteiger partial charge < -0.3 is 5.11 Å². The van der Waals surface area contributed by atoms with Gasteiger partial charge in [-0.05, 0) is 12.1 Å². The first-order valence-electron chi connectivity index (χ1n) is 2.71. The normalized spacial score (nSPS) is 9.64. The molecule has 0 aliphatic heterocycles. The van der Waals surface area contributed by atoms with Crippen LogP contribution in [0.15, 0.2) is 12.1 Å². The van der Waals surface area contributed by atoms with Crippen LogP contribution in [-0.4, -0.2) is 11.1 Å². The highest BCUT2D eigenvalue weighted by molar-refractivity contribution is 6.33.